The number of aromatic carboxylic acids is 2. The highest BCUT2D eigenvalue weighted by Gasteiger charge is 2.31. The minimum atomic E-state index is -1.47. The average molecular weight is 480 g/mol. The molecule has 0 aromatic heterocycles. The van der Waals surface area contributed by atoms with E-state index in [4.69, 9.17) is 4.74 Å². The normalized spacial score (nSPS) is 11.2. The van der Waals surface area contributed by atoms with Gasteiger partial charge in [0.25, 0.3) is 0 Å². The molecule has 0 aliphatic heterocycles. The molecule has 0 bridgehead atoms. The molecule has 0 aliphatic rings. The highest BCUT2D eigenvalue weighted by molar-refractivity contribution is 6.08. The van der Waals surface area contributed by atoms with E-state index in [0.29, 0.717) is 5.56 Å². The number of hydrogen-bond donors (Lipinski definition) is 5. The number of benzene rings is 3. The number of hydrogen-bond acceptors (Lipinski definition) is 7. The lowest BCUT2D eigenvalue weighted by molar-refractivity contribution is -0.0441. The van der Waals surface area contributed by atoms with Gasteiger partial charge in [-0.1, -0.05) is 48.5 Å². The molecule has 0 saturated carbocycles. The Morgan fingerprint density at radius 3 is 1.63 bits per heavy atom. The van der Waals surface area contributed by atoms with Crippen LogP contribution < -0.4 is 0 Å². The fourth-order valence-electron chi connectivity index (χ4n) is 3.61. The summed E-state index contributed by atoms with van der Waals surface area (Å²) >= 11 is 0. The molecule has 0 amide bonds. The van der Waals surface area contributed by atoms with Crippen LogP contribution in [0.2, 0.25) is 0 Å². The van der Waals surface area contributed by atoms with Crippen LogP contribution in [0, 0.1) is 5.41 Å². The van der Waals surface area contributed by atoms with Crippen molar-refractivity contribution < 1.29 is 44.7 Å². The Labute approximate surface area is 200 Å². The third-order valence-electron chi connectivity index (χ3n) is 5.67. The van der Waals surface area contributed by atoms with Gasteiger partial charge in [0.1, 0.15) is 6.61 Å². The molecular weight excluding hydrogens is 456 g/mol. The van der Waals surface area contributed by atoms with Gasteiger partial charge >= 0.3 is 17.9 Å². The molecule has 3 rings (SSSR count). The summed E-state index contributed by atoms with van der Waals surface area (Å²) in [5.41, 5.74) is -0.817. The van der Waals surface area contributed by atoms with Gasteiger partial charge in [0.2, 0.25) is 0 Å². The van der Waals surface area contributed by atoms with Crippen LogP contribution in [-0.4, -0.2) is 69.9 Å². The maximum atomic E-state index is 13.2. The standard InChI is InChI=1S/C26H24O9/c27-12-26(13-28,14-29)15-35-25(34)21-11-5-10-17(16-6-1-3-8-19(16)23(30)31)22(21)18-7-2-4-9-20(18)24(32)33/h1-11,27-29H,12-15H2,(H,30,31)(H,32,33). The molecule has 0 unspecified atom stereocenters. The van der Waals surface area contributed by atoms with E-state index in [9.17, 15) is 39.9 Å². The maximum Gasteiger partial charge on any atom is 0.338 e. The zero-order valence-corrected chi connectivity index (χ0v) is 18.5. The first-order valence-electron chi connectivity index (χ1n) is 10.6. The molecular formula is C26H24O9. The number of esters is 1. The van der Waals surface area contributed by atoms with Crippen molar-refractivity contribution in [2.45, 2.75) is 0 Å². The first kappa shape index (κ1) is 25.6. The Bertz CT molecular complexity index is 1240. The van der Waals surface area contributed by atoms with Crippen LogP contribution in [0.25, 0.3) is 22.3 Å². The van der Waals surface area contributed by atoms with Gasteiger partial charge in [-0.3, -0.25) is 0 Å². The highest BCUT2D eigenvalue weighted by Crippen LogP contribution is 2.39. The van der Waals surface area contributed by atoms with Crippen molar-refractivity contribution in [2.75, 3.05) is 26.4 Å². The first-order valence-corrected chi connectivity index (χ1v) is 10.6. The molecule has 9 heteroatoms. The molecule has 0 spiro atoms. The van der Waals surface area contributed by atoms with Crippen LogP contribution in [-0.2, 0) is 4.74 Å². The number of ether oxygens (including phenoxy) is 1. The lowest BCUT2D eigenvalue weighted by atomic mass is 9.86. The number of aliphatic hydroxyl groups is 3. The van der Waals surface area contributed by atoms with E-state index in [1.807, 2.05) is 0 Å². The second kappa shape index (κ2) is 10.9. The molecule has 0 saturated heterocycles. The van der Waals surface area contributed by atoms with E-state index >= 15 is 0 Å². The van der Waals surface area contributed by atoms with Gasteiger partial charge in [-0.05, 0) is 34.9 Å². The van der Waals surface area contributed by atoms with Crippen molar-refractivity contribution in [3.05, 3.63) is 83.4 Å². The monoisotopic (exact) mass is 480 g/mol. The summed E-state index contributed by atoms with van der Waals surface area (Å²) in [6.45, 7) is -2.44. The fraction of sp³-hybridized carbons (Fsp3) is 0.192. The first-order chi connectivity index (χ1) is 16.8. The van der Waals surface area contributed by atoms with Crippen LogP contribution in [0.3, 0.4) is 0 Å². The quantitative estimate of drug-likeness (QED) is 0.275. The van der Waals surface area contributed by atoms with Gasteiger partial charge in [0, 0.05) is 5.56 Å². The smallest absolute Gasteiger partial charge is 0.338 e. The molecule has 5 N–H and O–H groups in total. The van der Waals surface area contributed by atoms with Gasteiger partial charge in [-0.2, -0.15) is 0 Å². The van der Waals surface area contributed by atoms with E-state index in [1.165, 1.54) is 36.4 Å². The largest absolute Gasteiger partial charge is 0.478 e. The number of carboxylic acids is 2. The Hall–Kier alpha value is -4.05. The van der Waals surface area contributed by atoms with Crippen molar-refractivity contribution in [3.63, 3.8) is 0 Å². The SMILES string of the molecule is O=C(O)c1ccccc1-c1cccc(C(=O)OCC(CO)(CO)CO)c1-c1ccccc1C(=O)O. The van der Waals surface area contributed by atoms with Crippen molar-refractivity contribution in [1.82, 2.24) is 0 Å². The minimum absolute atomic E-state index is 0.0491. The van der Waals surface area contributed by atoms with Gasteiger partial charge in [0.05, 0.1) is 41.9 Å². The summed E-state index contributed by atoms with van der Waals surface area (Å²) in [5.74, 6) is -3.36. The summed E-state index contributed by atoms with van der Waals surface area (Å²) in [7, 11) is 0. The van der Waals surface area contributed by atoms with Crippen LogP contribution in [0.15, 0.2) is 66.7 Å². The molecule has 3 aromatic carbocycles. The van der Waals surface area contributed by atoms with Crippen LogP contribution in [0.1, 0.15) is 31.1 Å². The summed E-state index contributed by atoms with van der Waals surface area (Å²) in [5, 5.41) is 48.1. The van der Waals surface area contributed by atoms with Crippen molar-refractivity contribution in [1.29, 1.82) is 0 Å². The van der Waals surface area contributed by atoms with Gasteiger partial charge < -0.3 is 30.3 Å². The predicted molar refractivity (Wildman–Crippen MR) is 125 cm³/mol. The lowest BCUT2D eigenvalue weighted by Gasteiger charge is -2.27. The molecule has 0 heterocycles. The second-order valence-electron chi connectivity index (χ2n) is 7.98. The second-order valence-corrected chi connectivity index (χ2v) is 7.98. The summed E-state index contributed by atoms with van der Waals surface area (Å²) < 4.78 is 5.31. The van der Waals surface area contributed by atoms with Crippen molar-refractivity contribution >= 4 is 17.9 Å². The van der Waals surface area contributed by atoms with Crippen molar-refractivity contribution in [3.8, 4) is 22.3 Å². The van der Waals surface area contributed by atoms with Crippen LogP contribution in [0.5, 0.6) is 0 Å². The maximum absolute atomic E-state index is 13.2. The molecule has 35 heavy (non-hydrogen) atoms. The van der Waals surface area contributed by atoms with Gasteiger partial charge in [-0.25, -0.2) is 14.4 Å². The molecule has 3 aromatic rings. The number of carbonyl (C=O) groups excluding carboxylic acids is 1. The number of rotatable bonds is 10. The Kier molecular flexibility index (Phi) is 7.98. The zero-order chi connectivity index (χ0) is 25.6. The number of carbonyl (C=O) groups is 3. The third kappa shape index (κ3) is 5.22. The van der Waals surface area contributed by atoms with E-state index < -0.39 is 49.8 Å². The van der Waals surface area contributed by atoms with Gasteiger partial charge in [0.15, 0.2) is 0 Å². The molecule has 9 nitrogen and oxygen atoms in total. The van der Waals surface area contributed by atoms with Gasteiger partial charge in [-0.15, -0.1) is 0 Å². The topological polar surface area (TPSA) is 162 Å². The molecule has 0 aliphatic carbocycles. The fourth-order valence-corrected chi connectivity index (χ4v) is 3.61. The highest BCUT2D eigenvalue weighted by atomic mass is 16.5. The Morgan fingerprint density at radius 2 is 1.09 bits per heavy atom. The lowest BCUT2D eigenvalue weighted by Crippen LogP contribution is -2.39. The number of carboxylic acid groups (broad SMARTS) is 2. The van der Waals surface area contributed by atoms with Crippen molar-refractivity contribution in [2.24, 2.45) is 5.41 Å². The van der Waals surface area contributed by atoms with E-state index in [1.54, 1.807) is 30.3 Å². The summed E-state index contributed by atoms with van der Waals surface area (Å²) in [6.07, 6.45) is 0. The molecule has 0 atom stereocenters. The molecule has 182 valence electrons. The van der Waals surface area contributed by atoms with E-state index in [-0.39, 0.29) is 33.4 Å². The summed E-state index contributed by atoms with van der Waals surface area (Å²) in [4.78, 5) is 37.1. The number of aliphatic hydroxyl groups excluding tert-OH is 3. The van der Waals surface area contributed by atoms with E-state index in [0.717, 1.165) is 0 Å². The minimum Gasteiger partial charge on any atom is -0.478 e. The third-order valence-corrected chi connectivity index (χ3v) is 5.67. The molecule has 0 fully saturated rings. The zero-order valence-electron chi connectivity index (χ0n) is 18.5. The Morgan fingerprint density at radius 1 is 0.629 bits per heavy atom. The van der Waals surface area contributed by atoms with Crippen LogP contribution in [0.4, 0.5) is 0 Å². The predicted octanol–water partition coefficient (Wildman–Crippen LogP) is 2.54. The molecule has 0 radical (unpaired) electrons. The Balaban J connectivity index is 2.26. The summed E-state index contributed by atoms with van der Waals surface area (Å²) in [6, 6.07) is 16.6. The van der Waals surface area contributed by atoms with E-state index in [2.05, 4.69) is 0 Å². The average Bonchev–Trinajstić information content (AvgIpc) is 2.89. The van der Waals surface area contributed by atoms with Crippen LogP contribution >= 0.6 is 0 Å².